The number of piperidine rings is 1. The maximum Gasteiger partial charge on any atom is 0.0508 e. The molecule has 0 aromatic heterocycles. The molecular formula is C14H21NO. The van der Waals surface area contributed by atoms with E-state index in [2.05, 4.69) is 42.3 Å². The van der Waals surface area contributed by atoms with E-state index >= 15 is 0 Å². The molecule has 2 nitrogen and oxygen atoms in total. The number of hydrogen-bond acceptors (Lipinski definition) is 2. The minimum absolute atomic E-state index is 0.631. The van der Waals surface area contributed by atoms with Gasteiger partial charge in [0.25, 0.3) is 0 Å². The van der Waals surface area contributed by atoms with Crippen molar-refractivity contribution in [2.45, 2.75) is 12.3 Å². The van der Waals surface area contributed by atoms with Crippen molar-refractivity contribution >= 4 is 0 Å². The van der Waals surface area contributed by atoms with E-state index in [1.54, 1.807) is 7.11 Å². The first kappa shape index (κ1) is 11.6. The van der Waals surface area contributed by atoms with Crippen molar-refractivity contribution in [1.82, 2.24) is 4.90 Å². The standard InChI is InChI=1S/C14H21NO/c1-15-9-8-14(13(10-15)11-16-2)12-6-4-3-5-7-12/h3-7,13-14H,8-11H2,1-2H3/t13?,14-/m1/s1. The van der Waals surface area contributed by atoms with Gasteiger partial charge in [-0.15, -0.1) is 0 Å². The number of methoxy groups -OCH3 is 1. The van der Waals surface area contributed by atoms with Gasteiger partial charge in [-0.1, -0.05) is 30.3 Å². The monoisotopic (exact) mass is 219 g/mol. The summed E-state index contributed by atoms with van der Waals surface area (Å²) in [6.07, 6.45) is 1.24. The molecule has 16 heavy (non-hydrogen) atoms. The molecule has 0 amide bonds. The molecule has 0 aliphatic carbocycles. The molecule has 1 aromatic carbocycles. The molecule has 2 atom stereocenters. The minimum atomic E-state index is 0.631. The molecule has 1 saturated heterocycles. The lowest BCUT2D eigenvalue weighted by molar-refractivity contribution is 0.0867. The molecule has 2 heteroatoms. The topological polar surface area (TPSA) is 12.5 Å². The van der Waals surface area contributed by atoms with Crippen LogP contribution in [0.4, 0.5) is 0 Å². The van der Waals surface area contributed by atoms with Gasteiger partial charge in [0.15, 0.2) is 0 Å². The van der Waals surface area contributed by atoms with Crippen LogP contribution in [0.15, 0.2) is 30.3 Å². The Hall–Kier alpha value is -0.860. The lowest BCUT2D eigenvalue weighted by atomic mass is 9.81. The second-order valence-corrected chi connectivity index (χ2v) is 4.78. The number of benzene rings is 1. The second kappa shape index (κ2) is 5.46. The molecule has 1 aromatic rings. The Balaban J connectivity index is 2.12. The zero-order valence-electron chi connectivity index (χ0n) is 10.2. The van der Waals surface area contributed by atoms with Crippen LogP contribution in [0.5, 0.6) is 0 Å². The van der Waals surface area contributed by atoms with Crippen LogP contribution in [0.2, 0.25) is 0 Å². The number of ether oxygens (including phenoxy) is 1. The SMILES string of the molecule is COCC1CN(C)CC[C@@H]1c1ccccc1. The van der Waals surface area contributed by atoms with Crippen molar-refractivity contribution < 1.29 is 4.74 Å². The first-order valence-electron chi connectivity index (χ1n) is 6.03. The molecule has 1 heterocycles. The van der Waals surface area contributed by atoms with Crippen LogP contribution in [-0.4, -0.2) is 38.8 Å². The van der Waals surface area contributed by atoms with Gasteiger partial charge in [0, 0.05) is 19.6 Å². The van der Waals surface area contributed by atoms with E-state index in [-0.39, 0.29) is 0 Å². The molecule has 1 unspecified atom stereocenters. The zero-order chi connectivity index (χ0) is 11.4. The fraction of sp³-hybridized carbons (Fsp3) is 0.571. The van der Waals surface area contributed by atoms with Gasteiger partial charge in [-0.3, -0.25) is 0 Å². The molecule has 88 valence electrons. The van der Waals surface area contributed by atoms with E-state index in [0.717, 1.165) is 13.2 Å². The van der Waals surface area contributed by atoms with Crippen LogP contribution in [0.25, 0.3) is 0 Å². The Morgan fingerprint density at radius 3 is 2.75 bits per heavy atom. The molecule has 1 fully saturated rings. The summed E-state index contributed by atoms with van der Waals surface area (Å²) in [5.41, 5.74) is 1.47. The lowest BCUT2D eigenvalue weighted by Crippen LogP contribution is -2.39. The Morgan fingerprint density at radius 1 is 1.31 bits per heavy atom. The van der Waals surface area contributed by atoms with Crippen LogP contribution in [0.3, 0.4) is 0 Å². The van der Waals surface area contributed by atoms with Crippen molar-refractivity contribution in [2.24, 2.45) is 5.92 Å². The number of nitrogens with zero attached hydrogens (tertiary/aromatic N) is 1. The van der Waals surface area contributed by atoms with Crippen LogP contribution >= 0.6 is 0 Å². The summed E-state index contributed by atoms with van der Waals surface area (Å²) < 4.78 is 5.35. The summed E-state index contributed by atoms with van der Waals surface area (Å²) in [7, 11) is 4.00. The second-order valence-electron chi connectivity index (χ2n) is 4.78. The number of hydrogen-bond donors (Lipinski definition) is 0. The van der Waals surface area contributed by atoms with Gasteiger partial charge >= 0.3 is 0 Å². The largest absolute Gasteiger partial charge is 0.384 e. The third kappa shape index (κ3) is 2.63. The number of likely N-dealkylation sites (tertiary alicyclic amines) is 1. The van der Waals surface area contributed by atoms with Crippen molar-refractivity contribution in [3.63, 3.8) is 0 Å². The highest BCUT2D eigenvalue weighted by Crippen LogP contribution is 2.32. The summed E-state index contributed by atoms with van der Waals surface area (Å²) in [6, 6.07) is 10.9. The van der Waals surface area contributed by atoms with Gasteiger partial charge in [0.1, 0.15) is 0 Å². The van der Waals surface area contributed by atoms with Crippen molar-refractivity contribution in [3.8, 4) is 0 Å². The Morgan fingerprint density at radius 2 is 2.06 bits per heavy atom. The highest BCUT2D eigenvalue weighted by atomic mass is 16.5. The Labute approximate surface area is 98.2 Å². The van der Waals surface area contributed by atoms with E-state index in [9.17, 15) is 0 Å². The van der Waals surface area contributed by atoms with Crippen LogP contribution < -0.4 is 0 Å². The third-order valence-corrected chi connectivity index (χ3v) is 3.55. The van der Waals surface area contributed by atoms with E-state index in [0.29, 0.717) is 11.8 Å². The summed E-state index contributed by atoms with van der Waals surface area (Å²) in [6.45, 7) is 3.21. The van der Waals surface area contributed by atoms with Crippen molar-refractivity contribution in [1.29, 1.82) is 0 Å². The molecule has 0 saturated carbocycles. The highest BCUT2D eigenvalue weighted by Gasteiger charge is 2.28. The van der Waals surface area contributed by atoms with Gasteiger partial charge in [0.2, 0.25) is 0 Å². The van der Waals surface area contributed by atoms with Crippen molar-refractivity contribution in [2.75, 3.05) is 33.9 Å². The molecular weight excluding hydrogens is 198 g/mol. The predicted molar refractivity (Wildman–Crippen MR) is 66.7 cm³/mol. The van der Waals surface area contributed by atoms with Gasteiger partial charge in [-0.2, -0.15) is 0 Å². The van der Waals surface area contributed by atoms with E-state index in [1.807, 2.05) is 0 Å². The molecule has 0 spiro atoms. The molecule has 0 bridgehead atoms. The van der Waals surface area contributed by atoms with Crippen LogP contribution in [0.1, 0.15) is 17.9 Å². The fourth-order valence-electron chi connectivity index (χ4n) is 2.74. The normalized spacial score (nSPS) is 26.9. The van der Waals surface area contributed by atoms with E-state index < -0.39 is 0 Å². The summed E-state index contributed by atoms with van der Waals surface area (Å²) >= 11 is 0. The predicted octanol–water partition coefficient (Wildman–Crippen LogP) is 2.37. The van der Waals surface area contributed by atoms with E-state index in [4.69, 9.17) is 4.74 Å². The molecule has 0 radical (unpaired) electrons. The van der Waals surface area contributed by atoms with Crippen LogP contribution in [-0.2, 0) is 4.74 Å². The van der Waals surface area contributed by atoms with Crippen molar-refractivity contribution in [3.05, 3.63) is 35.9 Å². The lowest BCUT2D eigenvalue weighted by Gasteiger charge is -2.36. The smallest absolute Gasteiger partial charge is 0.0508 e. The average Bonchev–Trinajstić information content (AvgIpc) is 2.31. The first-order chi connectivity index (χ1) is 7.81. The Kier molecular flexibility index (Phi) is 3.97. The molecule has 1 aliphatic rings. The van der Waals surface area contributed by atoms with Crippen LogP contribution in [0, 0.1) is 5.92 Å². The molecule has 0 N–H and O–H groups in total. The minimum Gasteiger partial charge on any atom is -0.384 e. The van der Waals surface area contributed by atoms with Gasteiger partial charge in [0.05, 0.1) is 6.61 Å². The quantitative estimate of drug-likeness (QED) is 0.774. The number of rotatable bonds is 3. The summed E-state index contributed by atoms with van der Waals surface area (Å²) in [5, 5.41) is 0. The summed E-state index contributed by atoms with van der Waals surface area (Å²) in [4.78, 5) is 2.41. The fourth-order valence-corrected chi connectivity index (χ4v) is 2.74. The van der Waals surface area contributed by atoms with Gasteiger partial charge in [-0.25, -0.2) is 0 Å². The highest BCUT2D eigenvalue weighted by molar-refractivity contribution is 5.21. The first-order valence-corrected chi connectivity index (χ1v) is 6.03. The van der Waals surface area contributed by atoms with E-state index in [1.165, 1.54) is 18.5 Å². The molecule has 1 aliphatic heterocycles. The summed E-state index contributed by atoms with van der Waals surface area (Å²) in [5.74, 6) is 1.29. The zero-order valence-corrected chi connectivity index (χ0v) is 10.2. The van der Waals surface area contributed by atoms with Gasteiger partial charge in [-0.05, 0) is 31.5 Å². The molecule has 2 rings (SSSR count). The maximum absolute atomic E-state index is 5.35. The average molecular weight is 219 g/mol. The third-order valence-electron chi connectivity index (χ3n) is 3.55. The maximum atomic E-state index is 5.35. The Bertz CT molecular complexity index is 312. The van der Waals surface area contributed by atoms with Gasteiger partial charge < -0.3 is 9.64 Å².